The van der Waals surface area contributed by atoms with Crippen molar-refractivity contribution in [3.63, 3.8) is 0 Å². The van der Waals surface area contributed by atoms with E-state index in [1.165, 1.54) is 44.5 Å². The van der Waals surface area contributed by atoms with Gasteiger partial charge in [0.05, 0.1) is 15.8 Å². The van der Waals surface area contributed by atoms with Gasteiger partial charge in [-0.1, -0.05) is 188 Å². The van der Waals surface area contributed by atoms with Crippen molar-refractivity contribution in [2.24, 2.45) is 0 Å². The molecule has 0 aromatic heterocycles. The Morgan fingerprint density at radius 3 is 1.10 bits per heavy atom. The molecule has 0 heterocycles. The van der Waals surface area contributed by atoms with Crippen LogP contribution < -0.4 is 14.7 Å². The van der Waals surface area contributed by atoms with Crippen molar-refractivity contribution in [2.45, 2.75) is 124 Å². The molecule has 8 aromatic rings. The average Bonchev–Trinajstić information content (AvgIpc) is 3.55. The van der Waals surface area contributed by atoms with Gasteiger partial charge in [-0.15, -0.1) is 0 Å². The second-order valence-corrected chi connectivity index (χ2v) is 25.0. The molecular weight excluding hydrogens is 927 g/mol. The third-order valence-electron chi connectivity index (χ3n) is 14.5. The molecule has 9 rings (SSSR count). The number of fused-ring (bicyclic) bond motifs is 3. The molecule has 71 heavy (non-hydrogen) atoms. The molecule has 362 valence electrons. The van der Waals surface area contributed by atoms with Crippen LogP contribution in [0.1, 0.15) is 130 Å². The lowest BCUT2D eigenvalue weighted by Crippen LogP contribution is -2.20. The van der Waals surface area contributed by atoms with Gasteiger partial charge in [-0.3, -0.25) is 0 Å². The zero-order valence-corrected chi connectivity index (χ0v) is 46.1. The second-order valence-electron chi connectivity index (χ2n) is 24.2. The number of benzene rings is 8. The molecule has 0 saturated heterocycles. The fourth-order valence-electron chi connectivity index (χ4n) is 10.1. The van der Waals surface area contributed by atoms with Gasteiger partial charge in [-0.2, -0.15) is 0 Å². The van der Waals surface area contributed by atoms with Crippen molar-refractivity contribution in [3.8, 4) is 11.1 Å². The summed E-state index contributed by atoms with van der Waals surface area (Å²) >= 11 is 4.43. The molecule has 0 radical (unpaired) electrons. The Morgan fingerprint density at radius 2 is 0.648 bits per heavy atom. The lowest BCUT2D eigenvalue weighted by molar-refractivity contribution is 0.584. The normalized spacial score (nSPS) is 13.4. The largest absolute Gasteiger partial charge is 0.310 e. The van der Waals surface area contributed by atoms with Crippen LogP contribution in [0.2, 0.25) is 0 Å². The summed E-state index contributed by atoms with van der Waals surface area (Å²) in [6.45, 7) is 32.4. The number of rotatable bonds is 9. The smallest absolute Gasteiger partial charge is 0.0657 e. The van der Waals surface area contributed by atoms with Gasteiger partial charge in [0.25, 0.3) is 0 Å². The number of para-hydroxylation sites is 2. The number of halogens is 1. The van der Waals surface area contributed by atoms with E-state index in [0.717, 1.165) is 55.7 Å². The number of anilines is 9. The first-order chi connectivity index (χ1) is 33.4. The predicted octanol–water partition coefficient (Wildman–Crippen LogP) is 20.4. The molecule has 1 aliphatic rings. The van der Waals surface area contributed by atoms with Crippen LogP contribution in [0.15, 0.2) is 186 Å². The summed E-state index contributed by atoms with van der Waals surface area (Å²) in [4.78, 5) is 7.29. The van der Waals surface area contributed by atoms with Crippen molar-refractivity contribution in [1.29, 1.82) is 0 Å². The molecule has 0 amide bonds. The van der Waals surface area contributed by atoms with Gasteiger partial charge in [-0.05, 0) is 173 Å². The Morgan fingerprint density at radius 1 is 0.310 bits per heavy atom. The minimum absolute atomic E-state index is 0.0178. The zero-order valence-electron chi connectivity index (χ0n) is 44.5. The summed E-state index contributed by atoms with van der Waals surface area (Å²) < 4.78 is 0.997. The van der Waals surface area contributed by atoms with E-state index in [-0.39, 0.29) is 27.1 Å². The van der Waals surface area contributed by atoms with E-state index in [1.54, 1.807) is 0 Å². The topological polar surface area (TPSA) is 9.72 Å². The molecule has 0 bridgehead atoms. The van der Waals surface area contributed by atoms with Gasteiger partial charge in [0.1, 0.15) is 0 Å². The fraction of sp³-hybridized carbons (Fsp3) is 0.284. The van der Waals surface area contributed by atoms with Crippen LogP contribution in [-0.2, 0) is 27.1 Å². The van der Waals surface area contributed by atoms with Gasteiger partial charge in [0.15, 0.2) is 0 Å². The zero-order chi connectivity index (χ0) is 50.8. The third kappa shape index (κ3) is 9.73. The number of hydrogen-bond acceptors (Lipinski definition) is 3. The quantitative estimate of drug-likeness (QED) is 0.143. The average molecular weight is 999 g/mol. The van der Waals surface area contributed by atoms with E-state index in [1.807, 2.05) is 0 Å². The summed E-state index contributed by atoms with van der Waals surface area (Å²) in [5, 5.41) is 0. The maximum Gasteiger partial charge on any atom is 0.0657 e. The molecule has 0 N–H and O–H groups in total. The van der Waals surface area contributed by atoms with E-state index in [2.05, 4.69) is 310 Å². The van der Waals surface area contributed by atoms with Crippen molar-refractivity contribution in [3.05, 3.63) is 220 Å². The van der Waals surface area contributed by atoms with E-state index in [9.17, 15) is 0 Å². The van der Waals surface area contributed by atoms with Crippen molar-refractivity contribution < 1.29 is 0 Å². The number of hydrogen-bond donors (Lipinski definition) is 0. The minimum Gasteiger partial charge on any atom is -0.310 e. The van der Waals surface area contributed by atoms with Gasteiger partial charge < -0.3 is 14.7 Å². The summed E-state index contributed by atoms with van der Waals surface area (Å²) in [6.07, 6.45) is 0. The first kappa shape index (κ1) is 49.6. The summed E-state index contributed by atoms with van der Waals surface area (Å²) in [6, 6.07) is 68.0. The lowest BCUT2D eigenvalue weighted by atomic mass is 9.79. The van der Waals surface area contributed by atoms with Gasteiger partial charge >= 0.3 is 0 Å². The summed E-state index contributed by atoms with van der Waals surface area (Å²) in [7, 11) is 0. The van der Waals surface area contributed by atoms with Gasteiger partial charge in [0, 0.05) is 45.2 Å². The molecule has 0 spiro atoms. The Kier molecular flexibility index (Phi) is 12.8. The Labute approximate surface area is 434 Å². The summed E-state index contributed by atoms with van der Waals surface area (Å²) in [5.74, 6) is 0. The second kappa shape index (κ2) is 18.4. The van der Waals surface area contributed by atoms with Crippen LogP contribution in [0.4, 0.5) is 51.2 Å². The SMILES string of the molecule is CC(C)(C)c1ccc(N(c2ccc(C(C)(C)C)cc2)c2cc(C(C)(C)C)cc(N(c3cccc(N(c4ccccc4)c4ccccc4)c3)c3ccc4c(c3)C(C)(C)c3cc(C(C)(C)C)ccc3-4)c2Br)cc1. The van der Waals surface area contributed by atoms with Crippen molar-refractivity contribution in [1.82, 2.24) is 0 Å². The van der Waals surface area contributed by atoms with E-state index < -0.39 is 0 Å². The maximum atomic E-state index is 4.43. The highest BCUT2D eigenvalue weighted by Crippen LogP contribution is 2.54. The summed E-state index contributed by atoms with van der Waals surface area (Å²) in [5.41, 5.74) is 19.9. The van der Waals surface area contributed by atoms with Crippen LogP contribution in [0.25, 0.3) is 11.1 Å². The number of nitrogens with zero attached hydrogens (tertiary/aromatic N) is 3. The standard InChI is InChI=1S/C67H72BrN3/c1-63(2,3)45-28-33-51(34-29-45)70(52-35-30-46(31-36-52)64(4,5)6)60-41-48(66(10,11)12)42-61(62(60)68)71(54-27-21-26-53(43-54)69(49-22-17-15-18-23-49)50-24-19-16-20-25-50)55-37-39-57-56-38-32-47(65(7,8)9)40-58(56)67(13,14)59(57)44-55/h15-44H,1-14H3. The molecule has 1 aliphatic carbocycles. The van der Waals surface area contributed by atoms with Crippen LogP contribution in [0.3, 0.4) is 0 Å². The molecule has 0 aliphatic heterocycles. The van der Waals surface area contributed by atoms with Crippen LogP contribution in [0, 0.1) is 0 Å². The molecule has 3 nitrogen and oxygen atoms in total. The highest BCUT2D eigenvalue weighted by Gasteiger charge is 2.38. The van der Waals surface area contributed by atoms with Crippen LogP contribution in [0.5, 0.6) is 0 Å². The molecule has 0 saturated carbocycles. The molecule has 0 fully saturated rings. The molecule has 4 heteroatoms. The first-order valence-corrected chi connectivity index (χ1v) is 26.2. The molecular formula is C67H72BrN3. The van der Waals surface area contributed by atoms with Crippen molar-refractivity contribution in [2.75, 3.05) is 14.7 Å². The van der Waals surface area contributed by atoms with Crippen LogP contribution in [-0.4, -0.2) is 0 Å². The molecule has 8 aromatic carbocycles. The minimum atomic E-state index is -0.224. The molecule has 0 unspecified atom stereocenters. The van der Waals surface area contributed by atoms with Gasteiger partial charge in [0.2, 0.25) is 0 Å². The predicted molar refractivity (Wildman–Crippen MR) is 311 cm³/mol. The Bertz CT molecular complexity index is 3100. The van der Waals surface area contributed by atoms with E-state index in [4.69, 9.17) is 0 Å². The fourth-order valence-corrected chi connectivity index (χ4v) is 10.7. The lowest BCUT2D eigenvalue weighted by Gasteiger charge is -2.35. The van der Waals surface area contributed by atoms with E-state index >= 15 is 0 Å². The maximum absolute atomic E-state index is 4.43. The van der Waals surface area contributed by atoms with Gasteiger partial charge in [-0.25, -0.2) is 0 Å². The molecule has 0 atom stereocenters. The first-order valence-electron chi connectivity index (χ1n) is 25.4. The monoisotopic (exact) mass is 997 g/mol. The van der Waals surface area contributed by atoms with Crippen LogP contribution >= 0.6 is 15.9 Å². The third-order valence-corrected chi connectivity index (χ3v) is 15.3. The Balaban J connectivity index is 1.32. The highest BCUT2D eigenvalue weighted by atomic mass is 79.9. The highest BCUT2D eigenvalue weighted by molar-refractivity contribution is 9.10. The Hall–Kier alpha value is -6.36. The van der Waals surface area contributed by atoms with E-state index in [0.29, 0.717) is 0 Å². The van der Waals surface area contributed by atoms with Crippen molar-refractivity contribution >= 4 is 67.1 Å².